The fourth-order valence-electron chi connectivity index (χ4n) is 2.26. The Morgan fingerprint density at radius 1 is 1.48 bits per heavy atom. The average Bonchev–Trinajstić information content (AvgIpc) is 3.14. The zero-order valence-electron chi connectivity index (χ0n) is 11.8. The van der Waals surface area contributed by atoms with E-state index in [9.17, 15) is 5.11 Å². The van der Waals surface area contributed by atoms with Crippen LogP contribution in [0.15, 0.2) is 29.6 Å². The van der Waals surface area contributed by atoms with Crippen molar-refractivity contribution in [3.8, 4) is 17.0 Å². The summed E-state index contributed by atoms with van der Waals surface area (Å²) in [6, 6.07) is 7.86. The van der Waals surface area contributed by atoms with Gasteiger partial charge < -0.3 is 19.9 Å². The summed E-state index contributed by atoms with van der Waals surface area (Å²) in [5.74, 6) is 0.825. The predicted octanol–water partition coefficient (Wildman–Crippen LogP) is 1.67. The van der Waals surface area contributed by atoms with E-state index in [1.165, 1.54) is 0 Å². The summed E-state index contributed by atoms with van der Waals surface area (Å²) >= 11 is 1.61. The number of rotatable bonds is 5. The Labute approximate surface area is 127 Å². The smallest absolute Gasteiger partial charge is 0.119 e. The first-order valence-corrected chi connectivity index (χ1v) is 7.72. The molecule has 1 aliphatic heterocycles. The molecule has 0 saturated carbocycles. The molecule has 3 rings (SSSR count). The highest BCUT2D eigenvalue weighted by atomic mass is 32.1. The Morgan fingerprint density at radius 3 is 3.14 bits per heavy atom. The lowest BCUT2D eigenvalue weighted by atomic mass is 10.2. The summed E-state index contributed by atoms with van der Waals surface area (Å²) in [5.41, 5.74) is 1.99. The van der Waals surface area contributed by atoms with Gasteiger partial charge in [-0.3, -0.25) is 0 Å². The molecular weight excluding hydrogens is 288 g/mol. The molecule has 6 heteroatoms. The molecular formula is C15H18N2O3S. The van der Waals surface area contributed by atoms with Gasteiger partial charge in [0, 0.05) is 17.5 Å². The van der Waals surface area contributed by atoms with Crippen molar-refractivity contribution in [1.29, 1.82) is 0 Å². The molecule has 2 atom stereocenters. The van der Waals surface area contributed by atoms with E-state index in [1.54, 1.807) is 18.4 Å². The lowest BCUT2D eigenvalue weighted by Crippen LogP contribution is -2.38. The van der Waals surface area contributed by atoms with E-state index in [1.807, 2.05) is 29.6 Å². The number of nitrogens with zero attached hydrogens (tertiary/aromatic N) is 1. The maximum Gasteiger partial charge on any atom is 0.119 e. The van der Waals surface area contributed by atoms with Crippen LogP contribution in [-0.4, -0.2) is 42.6 Å². The zero-order chi connectivity index (χ0) is 14.7. The summed E-state index contributed by atoms with van der Waals surface area (Å²) in [5, 5.41) is 16.0. The van der Waals surface area contributed by atoms with Crippen LogP contribution in [-0.2, 0) is 11.3 Å². The Kier molecular flexibility index (Phi) is 4.50. The molecule has 1 aromatic heterocycles. The number of ether oxygens (including phenoxy) is 2. The van der Waals surface area contributed by atoms with Crippen molar-refractivity contribution in [3.63, 3.8) is 0 Å². The number of hydrogen-bond donors (Lipinski definition) is 2. The minimum atomic E-state index is -0.428. The molecule has 5 nitrogen and oxygen atoms in total. The first kappa shape index (κ1) is 14.5. The van der Waals surface area contributed by atoms with Crippen LogP contribution in [0.1, 0.15) is 5.01 Å². The third kappa shape index (κ3) is 3.41. The molecule has 0 amide bonds. The molecule has 0 aliphatic carbocycles. The second-order valence-corrected chi connectivity index (χ2v) is 5.89. The standard InChI is InChI=1S/C15H18N2O3S/c1-19-11-4-2-3-10(5-11)13-9-21-15(17-13)6-16-12-7-20-8-14(12)18/h2-5,9,12,14,16,18H,6-8H2,1H3/t12-,14+/m1/s1. The van der Waals surface area contributed by atoms with Gasteiger partial charge in [-0.2, -0.15) is 0 Å². The summed E-state index contributed by atoms with van der Waals surface area (Å²) in [4.78, 5) is 4.62. The summed E-state index contributed by atoms with van der Waals surface area (Å²) in [7, 11) is 1.66. The summed E-state index contributed by atoms with van der Waals surface area (Å²) in [6.45, 7) is 1.60. The van der Waals surface area contributed by atoms with Crippen LogP contribution < -0.4 is 10.1 Å². The topological polar surface area (TPSA) is 63.6 Å². The highest BCUT2D eigenvalue weighted by molar-refractivity contribution is 7.09. The van der Waals surface area contributed by atoms with Crippen LogP contribution in [0.4, 0.5) is 0 Å². The molecule has 0 bridgehead atoms. The molecule has 1 fully saturated rings. The van der Waals surface area contributed by atoms with Gasteiger partial charge in [0.1, 0.15) is 10.8 Å². The van der Waals surface area contributed by atoms with Gasteiger partial charge in [-0.1, -0.05) is 12.1 Å². The van der Waals surface area contributed by atoms with E-state index in [-0.39, 0.29) is 6.04 Å². The van der Waals surface area contributed by atoms with Gasteiger partial charge in [-0.25, -0.2) is 4.98 Å². The summed E-state index contributed by atoms with van der Waals surface area (Å²) in [6.07, 6.45) is -0.428. The average molecular weight is 306 g/mol. The molecule has 2 heterocycles. The quantitative estimate of drug-likeness (QED) is 0.880. The number of aliphatic hydroxyl groups excluding tert-OH is 1. The molecule has 0 radical (unpaired) electrons. The monoisotopic (exact) mass is 306 g/mol. The van der Waals surface area contributed by atoms with E-state index in [0.29, 0.717) is 19.8 Å². The van der Waals surface area contributed by atoms with Crippen molar-refractivity contribution in [1.82, 2.24) is 10.3 Å². The van der Waals surface area contributed by atoms with Crippen molar-refractivity contribution in [2.75, 3.05) is 20.3 Å². The fourth-order valence-corrected chi connectivity index (χ4v) is 3.02. The molecule has 2 aromatic rings. The number of thiazole rings is 1. The van der Waals surface area contributed by atoms with Crippen molar-refractivity contribution >= 4 is 11.3 Å². The maximum absolute atomic E-state index is 9.69. The van der Waals surface area contributed by atoms with Gasteiger partial charge >= 0.3 is 0 Å². The Morgan fingerprint density at radius 2 is 2.38 bits per heavy atom. The summed E-state index contributed by atoms with van der Waals surface area (Å²) < 4.78 is 10.4. The Balaban J connectivity index is 1.65. The normalized spacial score (nSPS) is 21.6. The highest BCUT2D eigenvalue weighted by Gasteiger charge is 2.25. The number of aromatic nitrogens is 1. The van der Waals surface area contributed by atoms with Gasteiger partial charge in [0.2, 0.25) is 0 Å². The third-order valence-corrected chi connectivity index (χ3v) is 4.33. The van der Waals surface area contributed by atoms with Crippen molar-refractivity contribution in [3.05, 3.63) is 34.7 Å². The van der Waals surface area contributed by atoms with E-state index in [2.05, 4.69) is 10.3 Å². The van der Waals surface area contributed by atoms with Gasteiger partial charge in [-0.15, -0.1) is 11.3 Å². The van der Waals surface area contributed by atoms with Crippen LogP contribution in [0, 0.1) is 0 Å². The number of nitrogens with one attached hydrogen (secondary N) is 1. The predicted molar refractivity (Wildman–Crippen MR) is 81.6 cm³/mol. The van der Waals surface area contributed by atoms with E-state index in [0.717, 1.165) is 22.0 Å². The van der Waals surface area contributed by atoms with Crippen LogP contribution in [0.5, 0.6) is 5.75 Å². The number of methoxy groups -OCH3 is 1. The van der Waals surface area contributed by atoms with Crippen LogP contribution in [0.3, 0.4) is 0 Å². The lowest BCUT2D eigenvalue weighted by Gasteiger charge is -2.12. The number of aliphatic hydroxyl groups is 1. The van der Waals surface area contributed by atoms with Gasteiger partial charge in [0.05, 0.1) is 38.2 Å². The Bertz CT molecular complexity index is 602. The molecule has 2 N–H and O–H groups in total. The molecule has 0 unspecified atom stereocenters. The lowest BCUT2D eigenvalue weighted by molar-refractivity contribution is 0.122. The SMILES string of the molecule is COc1cccc(-c2csc(CN[C@@H]3COC[C@@H]3O)n2)c1. The van der Waals surface area contributed by atoms with E-state index >= 15 is 0 Å². The zero-order valence-corrected chi connectivity index (χ0v) is 12.6. The molecule has 1 aliphatic rings. The van der Waals surface area contributed by atoms with E-state index in [4.69, 9.17) is 9.47 Å². The van der Waals surface area contributed by atoms with Gasteiger partial charge in [0.15, 0.2) is 0 Å². The maximum atomic E-state index is 9.69. The Hall–Kier alpha value is -1.47. The highest BCUT2D eigenvalue weighted by Crippen LogP contribution is 2.25. The van der Waals surface area contributed by atoms with Gasteiger partial charge in [0.25, 0.3) is 0 Å². The molecule has 112 valence electrons. The molecule has 0 spiro atoms. The minimum absolute atomic E-state index is 0.00540. The first-order valence-electron chi connectivity index (χ1n) is 6.84. The van der Waals surface area contributed by atoms with Crippen LogP contribution in [0.25, 0.3) is 11.3 Å². The fraction of sp³-hybridized carbons (Fsp3) is 0.400. The number of hydrogen-bond acceptors (Lipinski definition) is 6. The van der Waals surface area contributed by atoms with Crippen LogP contribution >= 0.6 is 11.3 Å². The van der Waals surface area contributed by atoms with Crippen LogP contribution in [0.2, 0.25) is 0 Å². The first-order chi connectivity index (χ1) is 10.3. The molecule has 1 saturated heterocycles. The van der Waals surface area contributed by atoms with E-state index < -0.39 is 6.10 Å². The van der Waals surface area contributed by atoms with Crippen molar-refractivity contribution in [2.24, 2.45) is 0 Å². The van der Waals surface area contributed by atoms with Crippen molar-refractivity contribution < 1.29 is 14.6 Å². The number of benzene rings is 1. The second kappa shape index (κ2) is 6.53. The second-order valence-electron chi connectivity index (χ2n) is 4.95. The molecule has 1 aromatic carbocycles. The van der Waals surface area contributed by atoms with Crippen molar-refractivity contribution in [2.45, 2.75) is 18.7 Å². The third-order valence-electron chi connectivity index (χ3n) is 3.48. The largest absolute Gasteiger partial charge is 0.497 e. The van der Waals surface area contributed by atoms with Gasteiger partial charge in [-0.05, 0) is 12.1 Å². The molecule has 21 heavy (non-hydrogen) atoms. The minimum Gasteiger partial charge on any atom is -0.497 e.